The first-order chi connectivity index (χ1) is 3.70. The second-order valence-electron chi connectivity index (χ2n) is 1.52. The van der Waals surface area contributed by atoms with Crippen LogP contribution in [0.3, 0.4) is 0 Å². The van der Waals surface area contributed by atoms with Crippen molar-refractivity contribution in [1.29, 1.82) is 0 Å². The van der Waals surface area contributed by atoms with Crippen molar-refractivity contribution in [1.82, 2.24) is 9.78 Å². The smallest absolute Gasteiger partial charge is 0.146 e. The zero-order valence-corrected chi connectivity index (χ0v) is 5.18. The van der Waals surface area contributed by atoms with Crippen molar-refractivity contribution in [3.8, 4) is 0 Å². The van der Waals surface area contributed by atoms with Crippen molar-refractivity contribution in [2.45, 2.75) is 0 Å². The Morgan fingerprint density at radius 3 is 2.62 bits per heavy atom. The second kappa shape index (κ2) is 1.67. The van der Waals surface area contributed by atoms with Crippen LogP contribution in [-0.4, -0.2) is 9.78 Å². The third-order valence-electron chi connectivity index (χ3n) is 0.842. The minimum absolute atomic E-state index is 0.456. The zero-order chi connectivity index (χ0) is 6.15. The van der Waals surface area contributed by atoms with Crippen molar-refractivity contribution in [2.24, 2.45) is 7.05 Å². The first-order valence-electron chi connectivity index (χ1n) is 2.15. The van der Waals surface area contributed by atoms with Gasteiger partial charge in [0, 0.05) is 13.1 Å². The summed E-state index contributed by atoms with van der Waals surface area (Å²) >= 11 is 5.55. The number of anilines is 1. The number of aryl methyl sites for hydroxylation is 1. The van der Waals surface area contributed by atoms with Crippen LogP contribution < -0.4 is 5.73 Å². The van der Waals surface area contributed by atoms with E-state index < -0.39 is 0 Å². The van der Waals surface area contributed by atoms with E-state index in [9.17, 15) is 0 Å². The molecule has 0 saturated heterocycles. The highest BCUT2D eigenvalue weighted by Gasteiger charge is 1.94. The van der Waals surface area contributed by atoms with Gasteiger partial charge in [-0.25, -0.2) is 0 Å². The van der Waals surface area contributed by atoms with Crippen molar-refractivity contribution >= 4 is 17.4 Å². The Morgan fingerprint density at radius 2 is 2.50 bits per heavy atom. The largest absolute Gasteiger partial charge is 0.382 e. The Morgan fingerprint density at radius 1 is 1.88 bits per heavy atom. The number of nitrogens with two attached hydrogens (primary N) is 1. The van der Waals surface area contributed by atoms with E-state index in [0.29, 0.717) is 11.0 Å². The number of hydrogen-bond acceptors (Lipinski definition) is 2. The molecule has 0 bridgehead atoms. The third-order valence-corrected chi connectivity index (χ3v) is 1.20. The summed E-state index contributed by atoms with van der Waals surface area (Å²) < 4.78 is 1.51. The normalized spacial score (nSPS) is 9.75. The molecule has 0 aliphatic rings. The lowest BCUT2D eigenvalue weighted by Crippen LogP contribution is -1.91. The van der Waals surface area contributed by atoms with E-state index in [1.165, 1.54) is 4.68 Å². The van der Waals surface area contributed by atoms with Crippen LogP contribution in [-0.2, 0) is 7.05 Å². The van der Waals surface area contributed by atoms with Gasteiger partial charge in [-0.05, 0) is 0 Å². The molecule has 0 unspecified atom stereocenters. The monoisotopic (exact) mass is 131 g/mol. The molecule has 0 amide bonds. The molecule has 0 aromatic carbocycles. The van der Waals surface area contributed by atoms with Crippen LogP contribution in [0.5, 0.6) is 0 Å². The molecule has 1 aromatic heterocycles. The summed E-state index contributed by atoms with van der Waals surface area (Å²) in [6.07, 6.45) is 0. The predicted molar refractivity (Wildman–Crippen MR) is 32.6 cm³/mol. The molecule has 0 fully saturated rings. The lowest BCUT2D eigenvalue weighted by atomic mass is 10.7. The number of nitrogen functional groups attached to an aromatic ring is 1. The van der Waals surface area contributed by atoms with Crippen LogP contribution >= 0.6 is 11.6 Å². The predicted octanol–water partition coefficient (Wildman–Crippen LogP) is 0.656. The molecule has 3 nitrogen and oxygen atoms in total. The van der Waals surface area contributed by atoms with E-state index in [4.69, 9.17) is 17.3 Å². The van der Waals surface area contributed by atoms with Crippen LogP contribution in [0.2, 0.25) is 5.15 Å². The number of nitrogens with zero attached hydrogens (tertiary/aromatic N) is 2. The van der Waals surface area contributed by atoms with Gasteiger partial charge < -0.3 is 5.73 Å². The molecule has 8 heavy (non-hydrogen) atoms. The molecule has 0 atom stereocenters. The lowest BCUT2D eigenvalue weighted by Gasteiger charge is -1.84. The van der Waals surface area contributed by atoms with Gasteiger partial charge in [-0.3, -0.25) is 4.68 Å². The number of hydrogen-bond donors (Lipinski definition) is 1. The first-order valence-corrected chi connectivity index (χ1v) is 2.53. The maximum absolute atomic E-state index is 5.55. The van der Waals surface area contributed by atoms with E-state index in [0.717, 1.165) is 0 Å². The maximum Gasteiger partial charge on any atom is 0.146 e. The van der Waals surface area contributed by atoms with Crippen LogP contribution in [0.4, 0.5) is 5.82 Å². The van der Waals surface area contributed by atoms with Crippen molar-refractivity contribution in [3.05, 3.63) is 11.2 Å². The summed E-state index contributed by atoms with van der Waals surface area (Å²) in [5, 5.41) is 4.33. The Hall–Kier alpha value is -0.700. The van der Waals surface area contributed by atoms with Crippen LogP contribution in [0.25, 0.3) is 0 Å². The average molecular weight is 132 g/mol. The SMILES string of the molecule is Cn1nc(N)cc1Cl. The third kappa shape index (κ3) is 0.767. The first kappa shape index (κ1) is 5.44. The van der Waals surface area contributed by atoms with Gasteiger partial charge in [0.15, 0.2) is 0 Å². The summed E-state index contributed by atoms with van der Waals surface area (Å²) in [6, 6.07) is 1.60. The zero-order valence-electron chi connectivity index (χ0n) is 4.43. The standard InChI is InChI=1S/C4H6ClN3/c1-8-3(5)2-4(6)7-8/h2H,1H3,(H2,6,7). The van der Waals surface area contributed by atoms with Gasteiger partial charge in [-0.2, -0.15) is 5.10 Å². The second-order valence-corrected chi connectivity index (χ2v) is 1.90. The van der Waals surface area contributed by atoms with Gasteiger partial charge in [0.25, 0.3) is 0 Å². The molecule has 0 spiro atoms. The number of halogens is 1. The van der Waals surface area contributed by atoms with E-state index in [1.54, 1.807) is 13.1 Å². The molecule has 0 aliphatic carbocycles. The van der Waals surface area contributed by atoms with Crippen molar-refractivity contribution in [2.75, 3.05) is 5.73 Å². The summed E-state index contributed by atoms with van der Waals surface area (Å²) in [5.41, 5.74) is 5.26. The number of aromatic nitrogens is 2. The number of rotatable bonds is 0. The highest BCUT2D eigenvalue weighted by molar-refractivity contribution is 6.29. The minimum Gasteiger partial charge on any atom is -0.382 e. The van der Waals surface area contributed by atoms with Crippen LogP contribution in [0, 0.1) is 0 Å². The van der Waals surface area contributed by atoms with E-state index in [2.05, 4.69) is 5.10 Å². The molecule has 1 heterocycles. The maximum atomic E-state index is 5.55. The van der Waals surface area contributed by atoms with Crippen molar-refractivity contribution < 1.29 is 0 Å². The van der Waals surface area contributed by atoms with E-state index in [1.807, 2.05) is 0 Å². The molecule has 0 aliphatic heterocycles. The van der Waals surface area contributed by atoms with Gasteiger partial charge in [0.2, 0.25) is 0 Å². The topological polar surface area (TPSA) is 43.8 Å². The molecule has 0 saturated carbocycles. The minimum atomic E-state index is 0.456. The lowest BCUT2D eigenvalue weighted by molar-refractivity contribution is 0.773. The Bertz CT molecular complexity index is 174. The molecular weight excluding hydrogens is 126 g/mol. The molecule has 1 rings (SSSR count). The summed E-state index contributed by atoms with van der Waals surface area (Å²) in [6.45, 7) is 0. The van der Waals surface area contributed by atoms with E-state index >= 15 is 0 Å². The Labute approximate surface area is 52.0 Å². The van der Waals surface area contributed by atoms with Crippen LogP contribution in [0.15, 0.2) is 6.07 Å². The molecule has 0 radical (unpaired) electrons. The molecule has 1 aromatic rings. The quantitative estimate of drug-likeness (QED) is 0.562. The van der Waals surface area contributed by atoms with Gasteiger partial charge in [-0.15, -0.1) is 0 Å². The molecule has 44 valence electrons. The van der Waals surface area contributed by atoms with Crippen LogP contribution in [0.1, 0.15) is 0 Å². The molecular formula is C4H6ClN3. The fraction of sp³-hybridized carbons (Fsp3) is 0.250. The highest BCUT2D eigenvalue weighted by atomic mass is 35.5. The molecule has 2 N–H and O–H groups in total. The summed E-state index contributed by atoms with van der Waals surface area (Å²) in [4.78, 5) is 0. The average Bonchev–Trinajstić information content (AvgIpc) is 1.85. The highest BCUT2D eigenvalue weighted by Crippen LogP contribution is 2.08. The van der Waals surface area contributed by atoms with E-state index in [-0.39, 0.29) is 0 Å². The fourth-order valence-corrected chi connectivity index (χ4v) is 0.615. The fourth-order valence-electron chi connectivity index (χ4n) is 0.465. The summed E-state index contributed by atoms with van der Waals surface area (Å²) in [5.74, 6) is 0.456. The van der Waals surface area contributed by atoms with Gasteiger partial charge >= 0.3 is 0 Å². The van der Waals surface area contributed by atoms with Crippen molar-refractivity contribution in [3.63, 3.8) is 0 Å². The van der Waals surface area contributed by atoms with Gasteiger partial charge in [-0.1, -0.05) is 11.6 Å². The Balaban J connectivity index is 3.14. The summed E-state index contributed by atoms with van der Waals surface area (Å²) in [7, 11) is 1.73. The van der Waals surface area contributed by atoms with Gasteiger partial charge in [0.05, 0.1) is 0 Å². The van der Waals surface area contributed by atoms with Gasteiger partial charge in [0.1, 0.15) is 11.0 Å². The Kier molecular flexibility index (Phi) is 1.13. The molecule has 4 heteroatoms.